The largest absolute Gasteiger partial charge is 0.462 e. The van der Waals surface area contributed by atoms with Gasteiger partial charge in [-0.25, -0.2) is 4.79 Å². The van der Waals surface area contributed by atoms with Gasteiger partial charge in [-0.3, -0.25) is 9.78 Å². The van der Waals surface area contributed by atoms with Crippen LogP contribution in [0, 0.1) is 0 Å². The van der Waals surface area contributed by atoms with E-state index < -0.39 is 5.97 Å². The number of hydrogen-bond acceptors (Lipinski definition) is 4. The van der Waals surface area contributed by atoms with Crippen LogP contribution in [0.25, 0.3) is 6.08 Å². The van der Waals surface area contributed by atoms with Crippen molar-refractivity contribution in [2.45, 2.75) is 65.2 Å². The number of rotatable bonds is 12. The van der Waals surface area contributed by atoms with Crippen molar-refractivity contribution in [3.8, 4) is 0 Å². The van der Waals surface area contributed by atoms with Crippen molar-refractivity contribution in [3.63, 3.8) is 0 Å². The Bertz CT molecular complexity index is 523. The maximum atomic E-state index is 12.1. The first-order valence-corrected chi connectivity index (χ1v) is 8.96. The van der Waals surface area contributed by atoms with Crippen LogP contribution in [0.4, 0.5) is 0 Å². The van der Waals surface area contributed by atoms with E-state index in [-0.39, 0.29) is 11.4 Å². The van der Waals surface area contributed by atoms with Crippen LogP contribution in [-0.4, -0.2) is 23.3 Å². The van der Waals surface area contributed by atoms with E-state index in [1.165, 1.54) is 51.5 Å². The molecule has 0 saturated heterocycles. The summed E-state index contributed by atoms with van der Waals surface area (Å²) in [6.45, 7) is 3.94. The first-order chi connectivity index (χ1) is 11.6. The molecule has 1 heterocycles. The Kier molecular flexibility index (Phi) is 10.4. The number of aromatic nitrogens is 1. The lowest BCUT2D eigenvalue weighted by Crippen LogP contribution is -2.14. The topological polar surface area (TPSA) is 56.3 Å². The fourth-order valence-electron chi connectivity index (χ4n) is 2.39. The molecule has 0 aliphatic carbocycles. The van der Waals surface area contributed by atoms with Gasteiger partial charge in [0.05, 0.1) is 12.3 Å². The van der Waals surface area contributed by atoms with E-state index in [2.05, 4.69) is 11.9 Å². The fraction of sp³-hybridized carbons (Fsp3) is 0.550. The van der Waals surface area contributed by atoms with E-state index in [4.69, 9.17) is 4.74 Å². The van der Waals surface area contributed by atoms with E-state index in [0.29, 0.717) is 12.3 Å². The quantitative estimate of drug-likeness (QED) is 0.182. The molecular weight excluding hydrogens is 302 g/mol. The van der Waals surface area contributed by atoms with Gasteiger partial charge in [-0.1, -0.05) is 57.9 Å². The molecule has 0 amide bonds. The molecule has 4 heteroatoms. The molecule has 1 aromatic rings. The van der Waals surface area contributed by atoms with Crippen molar-refractivity contribution >= 4 is 17.8 Å². The minimum absolute atomic E-state index is 0.0493. The minimum atomic E-state index is -0.559. The fourth-order valence-corrected chi connectivity index (χ4v) is 2.39. The number of unbranched alkanes of at least 4 members (excludes halogenated alkanes) is 7. The van der Waals surface area contributed by atoms with Crippen molar-refractivity contribution in [2.75, 3.05) is 6.61 Å². The lowest BCUT2D eigenvalue weighted by molar-refractivity contribution is -0.140. The van der Waals surface area contributed by atoms with Gasteiger partial charge >= 0.3 is 5.97 Å². The van der Waals surface area contributed by atoms with E-state index >= 15 is 0 Å². The van der Waals surface area contributed by atoms with Crippen molar-refractivity contribution in [1.29, 1.82) is 0 Å². The Balaban J connectivity index is 2.29. The van der Waals surface area contributed by atoms with Crippen LogP contribution >= 0.6 is 0 Å². The summed E-state index contributed by atoms with van der Waals surface area (Å²) in [6.07, 6.45) is 12.6. The van der Waals surface area contributed by atoms with Crippen LogP contribution in [0.5, 0.6) is 0 Å². The highest BCUT2D eigenvalue weighted by Crippen LogP contribution is 2.10. The third kappa shape index (κ3) is 8.61. The van der Waals surface area contributed by atoms with Crippen LogP contribution < -0.4 is 0 Å². The summed E-state index contributed by atoms with van der Waals surface area (Å²) < 4.78 is 5.23. The molecule has 1 rings (SSSR count). The van der Waals surface area contributed by atoms with Crippen molar-refractivity contribution in [3.05, 3.63) is 35.7 Å². The van der Waals surface area contributed by atoms with E-state index in [0.717, 1.165) is 12.8 Å². The van der Waals surface area contributed by atoms with Gasteiger partial charge in [0.25, 0.3) is 0 Å². The van der Waals surface area contributed by atoms with E-state index in [1.807, 2.05) is 6.07 Å². The molecular formula is C20H29NO3. The highest BCUT2D eigenvalue weighted by atomic mass is 16.5. The number of ether oxygens (including phenoxy) is 1. The highest BCUT2D eigenvalue weighted by Gasteiger charge is 2.16. The Morgan fingerprint density at radius 2 is 1.71 bits per heavy atom. The number of carbonyl (C=O) groups excluding carboxylic acids is 2. The molecule has 132 valence electrons. The van der Waals surface area contributed by atoms with Crippen LogP contribution in [0.15, 0.2) is 30.0 Å². The van der Waals surface area contributed by atoms with Crippen LogP contribution in [-0.2, 0) is 14.3 Å². The first-order valence-electron chi connectivity index (χ1n) is 8.96. The average molecular weight is 331 g/mol. The number of pyridine rings is 1. The van der Waals surface area contributed by atoms with Gasteiger partial charge in [0, 0.05) is 6.20 Å². The van der Waals surface area contributed by atoms with E-state index in [1.54, 1.807) is 18.3 Å². The molecule has 0 bridgehead atoms. The molecule has 0 atom stereocenters. The number of carbonyl (C=O) groups is 2. The summed E-state index contributed by atoms with van der Waals surface area (Å²) >= 11 is 0. The number of esters is 1. The lowest BCUT2D eigenvalue weighted by Gasteiger charge is -2.06. The zero-order chi connectivity index (χ0) is 17.6. The zero-order valence-electron chi connectivity index (χ0n) is 14.9. The smallest absolute Gasteiger partial charge is 0.341 e. The van der Waals surface area contributed by atoms with Gasteiger partial charge in [-0.15, -0.1) is 0 Å². The van der Waals surface area contributed by atoms with Gasteiger partial charge in [-0.2, -0.15) is 0 Å². The molecule has 0 aromatic carbocycles. The molecule has 0 N–H and O–H groups in total. The predicted octanol–water partition coefficient (Wildman–Crippen LogP) is 4.74. The molecule has 0 spiro atoms. The van der Waals surface area contributed by atoms with Crippen LogP contribution in [0.1, 0.15) is 70.9 Å². The molecule has 0 radical (unpaired) electrons. The summed E-state index contributed by atoms with van der Waals surface area (Å²) in [7, 11) is 0. The Morgan fingerprint density at radius 3 is 2.29 bits per heavy atom. The monoisotopic (exact) mass is 331 g/mol. The number of ketones is 1. The second kappa shape index (κ2) is 12.5. The maximum Gasteiger partial charge on any atom is 0.341 e. The molecule has 4 nitrogen and oxygen atoms in total. The molecule has 0 fully saturated rings. The molecule has 24 heavy (non-hydrogen) atoms. The van der Waals surface area contributed by atoms with Gasteiger partial charge in [0.2, 0.25) is 0 Å². The maximum absolute atomic E-state index is 12.1. The summed E-state index contributed by atoms with van der Waals surface area (Å²) in [4.78, 5) is 27.8. The van der Waals surface area contributed by atoms with Crippen LogP contribution in [0.2, 0.25) is 0 Å². The van der Waals surface area contributed by atoms with Gasteiger partial charge in [0.15, 0.2) is 5.78 Å². The van der Waals surface area contributed by atoms with Crippen LogP contribution in [0.3, 0.4) is 0 Å². The van der Waals surface area contributed by atoms with Gasteiger partial charge < -0.3 is 4.74 Å². The second-order valence-electron chi connectivity index (χ2n) is 5.98. The average Bonchev–Trinajstić information content (AvgIpc) is 2.58. The number of nitrogens with zero attached hydrogens (tertiary/aromatic N) is 1. The standard InChI is InChI=1S/C20H29NO3/c1-3-4-5-6-7-8-9-12-15-24-20(23)19(17(2)22)16-18-13-10-11-14-21-18/h10-11,13-14,16H,3-9,12,15H2,1-2H3. The Hall–Kier alpha value is -1.97. The zero-order valence-corrected chi connectivity index (χ0v) is 14.9. The minimum Gasteiger partial charge on any atom is -0.462 e. The number of hydrogen-bond donors (Lipinski definition) is 0. The van der Waals surface area contributed by atoms with Crippen molar-refractivity contribution in [2.24, 2.45) is 0 Å². The molecule has 1 aromatic heterocycles. The van der Waals surface area contributed by atoms with Gasteiger partial charge in [-0.05, 0) is 31.6 Å². The van der Waals surface area contributed by atoms with Crippen molar-refractivity contribution in [1.82, 2.24) is 4.98 Å². The summed E-state index contributed by atoms with van der Waals surface area (Å²) in [5.41, 5.74) is 0.625. The first kappa shape index (κ1) is 20.1. The normalized spacial score (nSPS) is 11.3. The summed E-state index contributed by atoms with van der Waals surface area (Å²) in [5.74, 6) is -0.863. The van der Waals surface area contributed by atoms with E-state index in [9.17, 15) is 9.59 Å². The Morgan fingerprint density at radius 1 is 1.04 bits per heavy atom. The molecule has 0 aliphatic rings. The third-order valence-electron chi connectivity index (χ3n) is 3.81. The SMILES string of the molecule is CCCCCCCCCCOC(=O)C(=Cc1ccccn1)C(C)=O. The lowest BCUT2D eigenvalue weighted by atomic mass is 10.1. The second-order valence-corrected chi connectivity index (χ2v) is 5.98. The molecule has 0 unspecified atom stereocenters. The third-order valence-corrected chi connectivity index (χ3v) is 3.81. The molecule has 0 aliphatic heterocycles. The summed E-state index contributed by atoms with van der Waals surface area (Å²) in [6, 6.07) is 5.34. The number of Topliss-reactive ketones (excluding diaryl/α,β-unsaturated/α-hetero) is 1. The highest BCUT2D eigenvalue weighted by molar-refractivity contribution is 6.19. The Labute approximate surface area is 145 Å². The predicted molar refractivity (Wildman–Crippen MR) is 96.5 cm³/mol. The van der Waals surface area contributed by atoms with Gasteiger partial charge in [0.1, 0.15) is 5.57 Å². The summed E-state index contributed by atoms with van der Waals surface area (Å²) in [5, 5.41) is 0. The molecule has 0 saturated carbocycles. The van der Waals surface area contributed by atoms with Crippen molar-refractivity contribution < 1.29 is 14.3 Å².